The van der Waals surface area contributed by atoms with Crippen LogP contribution >= 0.6 is 11.6 Å². The fourth-order valence-corrected chi connectivity index (χ4v) is 3.13. The maximum atomic E-state index is 6.31. The monoisotopic (exact) mass is 310 g/mol. The second-order valence-electron chi connectivity index (χ2n) is 7.65. The van der Waals surface area contributed by atoms with Gasteiger partial charge in [0.2, 0.25) is 0 Å². The van der Waals surface area contributed by atoms with Crippen LogP contribution in [0.3, 0.4) is 0 Å². The van der Waals surface area contributed by atoms with Gasteiger partial charge in [-0.1, -0.05) is 32.4 Å². The molecular weight excluding hydrogens is 284 g/mol. The van der Waals surface area contributed by atoms with E-state index in [0.717, 1.165) is 31.4 Å². The molecule has 0 radical (unpaired) electrons. The van der Waals surface area contributed by atoms with Gasteiger partial charge in [-0.25, -0.2) is 4.98 Å². The molecule has 1 heterocycles. The Kier molecular flexibility index (Phi) is 4.84. The molecule has 2 N–H and O–H groups in total. The van der Waals surface area contributed by atoms with E-state index in [4.69, 9.17) is 22.1 Å². The van der Waals surface area contributed by atoms with E-state index in [1.165, 1.54) is 6.42 Å². The van der Waals surface area contributed by atoms with E-state index in [1.807, 2.05) is 19.1 Å². The minimum atomic E-state index is -0.134. The third-order valence-corrected chi connectivity index (χ3v) is 4.14. The van der Waals surface area contributed by atoms with Crippen molar-refractivity contribution in [3.8, 4) is 5.75 Å². The number of halogens is 1. The highest BCUT2D eigenvalue weighted by Gasteiger charge is 2.40. The van der Waals surface area contributed by atoms with Crippen LogP contribution in [0.15, 0.2) is 12.1 Å². The molecule has 1 atom stereocenters. The van der Waals surface area contributed by atoms with Crippen LogP contribution in [0.2, 0.25) is 5.15 Å². The zero-order valence-electron chi connectivity index (χ0n) is 13.6. The molecule has 0 spiro atoms. The Bertz CT molecular complexity index is 490. The van der Waals surface area contributed by atoms with E-state index in [-0.39, 0.29) is 17.1 Å². The lowest BCUT2D eigenvalue weighted by molar-refractivity contribution is -0.0190. The molecule has 0 aliphatic heterocycles. The smallest absolute Gasteiger partial charge is 0.171 e. The second kappa shape index (κ2) is 6.13. The van der Waals surface area contributed by atoms with Crippen molar-refractivity contribution in [2.45, 2.75) is 71.4 Å². The number of hydrogen-bond acceptors (Lipinski definition) is 3. The standard InChI is InChI=1S/C17H27ClN2O/c1-12(19)10-17(8-5-9-17)21-14-7-6-13(20-15(14)18)11-16(2,3)4/h6-7,12H,5,8-11,19H2,1-4H3. The van der Waals surface area contributed by atoms with Crippen LogP contribution < -0.4 is 10.5 Å². The van der Waals surface area contributed by atoms with E-state index >= 15 is 0 Å². The van der Waals surface area contributed by atoms with Crippen molar-refractivity contribution < 1.29 is 4.74 Å². The maximum absolute atomic E-state index is 6.31. The van der Waals surface area contributed by atoms with E-state index in [1.54, 1.807) is 0 Å². The third kappa shape index (κ3) is 4.58. The van der Waals surface area contributed by atoms with E-state index in [2.05, 4.69) is 25.8 Å². The molecule has 1 aromatic heterocycles. The van der Waals surface area contributed by atoms with Crippen molar-refractivity contribution in [3.63, 3.8) is 0 Å². The van der Waals surface area contributed by atoms with Crippen molar-refractivity contribution in [2.24, 2.45) is 11.1 Å². The Morgan fingerprint density at radius 3 is 2.48 bits per heavy atom. The summed E-state index contributed by atoms with van der Waals surface area (Å²) in [6, 6.07) is 4.11. The summed E-state index contributed by atoms with van der Waals surface area (Å²) in [4.78, 5) is 4.49. The summed E-state index contributed by atoms with van der Waals surface area (Å²) in [5.74, 6) is 0.690. The fraction of sp³-hybridized carbons (Fsp3) is 0.706. The van der Waals surface area contributed by atoms with Crippen LogP contribution in [0.1, 0.15) is 59.1 Å². The zero-order valence-corrected chi connectivity index (χ0v) is 14.3. The van der Waals surface area contributed by atoms with E-state index < -0.39 is 0 Å². The van der Waals surface area contributed by atoms with Crippen molar-refractivity contribution in [2.75, 3.05) is 0 Å². The number of rotatable bonds is 5. The molecule has 2 rings (SSSR count). The van der Waals surface area contributed by atoms with Gasteiger partial charge in [-0.3, -0.25) is 0 Å². The molecule has 0 aromatic carbocycles. The summed E-state index contributed by atoms with van der Waals surface area (Å²) in [7, 11) is 0. The number of ether oxygens (including phenoxy) is 1. The van der Waals surface area contributed by atoms with Crippen LogP contribution in [-0.2, 0) is 6.42 Å². The van der Waals surface area contributed by atoms with Gasteiger partial charge in [-0.05, 0) is 50.2 Å². The molecule has 0 bridgehead atoms. The van der Waals surface area contributed by atoms with Gasteiger partial charge >= 0.3 is 0 Å². The van der Waals surface area contributed by atoms with Gasteiger partial charge in [0.05, 0.1) is 0 Å². The van der Waals surface area contributed by atoms with Crippen LogP contribution in [0, 0.1) is 5.41 Å². The van der Waals surface area contributed by atoms with Gasteiger partial charge in [0.1, 0.15) is 5.60 Å². The van der Waals surface area contributed by atoms with Crippen LogP contribution in [-0.4, -0.2) is 16.6 Å². The van der Waals surface area contributed by atoms with Crippen LogP contribution in [0.25, 0.3) is 0 Å². The predicted molar refractivity (Wildman–Crippen MR) is 87.9 cm³/mol. The van der Waals surface area contributed by atoms with Gasteiger partial charge in [0.25, 0.3) is 0 Å². The van der Waals surface area contributed by atoms with Gasteiger partial charge < -0.3 is 10.5 Å². The predicted octanol–water partition coefficient (Wildman–Crippen LogP) is 4.36. The average Bonchev–Trinajstić information content (AvgIpc) is 2.26. The largest absolute Gasteiger partial charge is 0.484 e. The van der Waals surface area contributed by atoms with E-state index in [9.17, 15) is 0 Å². The molecule has 1 aromatic rings. The third-order valence-electron chi connectivity index (χ3n) is 3.87. The SMILES string of the molecule is CC(N)CC1(Oc2ccc(CC(C)(C)C)nc2Cl)CCC1. The summed E-state index contributed by atoms with van der Waals surface area (Å²) in [6.07, 6.45) is 5.06. The number of nitrogens with zero attached hydrogens (tertiary/aromatic N) is 1. The number of aromatic nitrogens is 1. The molecule has 1 fully saturated rings. The molecule has 0 saturated heterocycles. The first-order valence-electron chi connectivity index (χ1n) is 7.79. The van der Waals surface area contributed by atoms with Crippen LogP contribution in [0.4, 0.5) is 0 Å². The minimum absolute atomic E-state index is 0.134. The lowest BCUT2D eigenvalue weighted by atomic mass is 9.76. The Morgan fingerprint density at radius 1 is 1.38 bits per heavy atom. The lowest BCUT2D eigenvalue weighted by Crippen LogP contribution is -2.47. The Hall–Kier alpha value is -0.800. The molecule has 21 heavy (non-hydrogen) atoms. The van der Waals surface area contributed by atoms with Crippen molar-refractivity contribution in [3.05, 3.63) is 23.0 Å². The van der Waals surface area contributed by atoms with Crippen molar-refractivity contribution >= 4 is 11.6 Å². The Morgan fingerprint density at radius 2 is 2.05 bits per heavy atom. The molecule has 3 nitrogen and oxygen atoms in total. The highest BCUT2D eigenvalue weighted by atomic mass is 35.5. The fourth-order valence-electron chi connectivity index (χ4n) is 2.92. The quantitative estimate of drug-likeness (QED) is 0.822. The number of hydrogen-bond donors (Lipinski definition) is 1. The first kappa shape index (κ1) is 16.6. The summed E-state index contributed by atoms with van der Waals surface area (Å²) in [6.45, 7) is 8.60. The summed E-state index contributed by atoms with van der Waals surface area (Å²) in [5.41, 5.74) is 7.02. The summed E-state index contributed by atoms with van der Waals surface area (Å²) >= 11 is 6.31. The molecule has 118 valence electrons. The second-order valence-corrected chi connectivity index (χ2v) is 8.01. The van der Waals surface area contributed by atoms with E-state index in [0.29, 0.717) is 10.9 Å². The maximum Gasteiger partial charge on any atom is 0.171 e. The first-order chi connectivity index (χ1) is 9.69. The normalized spacial score (nSPS) is 19.0. The highest BCUT2D eigenvalue weighted by Crippen LogP contribution is 2.41. The van der Waals surface area contributed by atoms with Crippen LogP contribution in [0.5, 0.6) is 5.75 Å². The molecule has 1 aliphatic rings. The molecule has 4 heteroatoms. The zero-order chi connectivity index (χ0) is 15.7. The molecule has 1 aliphatic carbocycles. The molecular formula is C17H27ClN2O. The summed E-state index contributed by atoms with van der Waals surface area (Å²) < 4.78 is 6.19. The van der Waals surface area contributed by atoms with Crippen molar-refractivity contribution in [1.82, 2.24) is 4.98 Å². The lowest BCUT2D eigenvalue weighted by Gasteiger charge is -2.43. The van der Waals surface area contributed by atoms with Gasteiger partial charge in [-0.2, -0.15) is 0 Å². The summed E-state index contributed by atoms with van der Waals surface area (Å²) in [5, 5.41) is 0.465. The van der Waals surface area contributed by atoms with Gasteiger partial charge in [-0.15, -0.1) is 0 Å². The number of nitrogens with two attached hydrogens (primary N) is 1. The Labute approximate surface area is 133 Å². The van der Waals surface area contributed by atoms with Gasteiger partial charge in [0.15, 0.2) is 10.9 Å². The Balaban J connectivity index is 2.10. The minimum Gasteiger partial charge on any atom is -0.484 e. The van der Waals surface area contributed by atoms with Crippen molar-refractivity contribution in [1.29, 1.82) is 0 Å². The first-order valence-corrected chi connectivity index (χ1v) is 8.17. The highest BCUT2D eigenvalue weighted by molar-refractivity contribution is 6.30. The molecule has 1 unspecified atom stereocenters. The number of pyridine rings is 1. The topological polar surface area (TPSA) is 48.1 Å². The molecule has 1 saturated carbocycles. The molecule has 0 amide bonds. The average molecular weight is 311 g/mol. The van der Waals surface area contributed by atoms with Gasteiger partial charge in [0, 0.05) is 18.2 Å².